The van der Waals surface area contributed by atoms with Gasteiger partial charge in [0.05, 0.1) is 19.2 Å². The number of pyridine rings is 2. The van der Waals surface area contributed by atoms with Crippen LogP contribution < -0.4 is 11.1 Å². The predicted octanol–water partition coefficient (Wildman–Crippen LogP) is 11.1. The van der Waals surface area contributed by atoms with Crippen molar-refractivity contribution in [3.63, 3.8) is 0 Å². The number of rotatable bonds is 16. The number of thiazole rings is 1. The lowest BCUT2D eigenvalue weighted by atomic mass is 9.96. The van der Waals surface area contributed by atoms with Gasteiger partial charge in [-0.15, -0.1) is 23.1 Å². The Bertz CT molecular complexity index is 2410. The van der Waals surface area contributed by atoms with Crippen molar-refractivity contribution in [1.29, 1.82) is 0 Å². The zero-order valence-corrected chi connectivity index (χ0v) is 35.6. The van der Waals surface area contributed by atoms with E-state index in [-0.39, 0.29) is 22.1 Å². The van der Waals surface area contributed by atoms with E-state index < -0.39 is 41.2 Å². The number of thioether (sulfide) groups is 1. The number of unbranched alkanes of at least 4 members (excludes halogenated alkanes) is 8. The molecule has 0 fully saturated rings. The van der Waals surface area contributed by atoms with Crippen molar-refractivity contribution in [1.82, 2.24) is 8.97 Å². The van der Waals surface area contributed by atoms with Crippen molar-refractivity contribution in [3.05, 3.63) is 115 Å². The molecule has 1 aliphatic rings. The summed E-state index contributed by atoms with van der Waals surface area (Å²) in [6.07, 6.45) is 12.0. The number of hydrogen-bond acceptors (Lipinski definition) is 8. The first-order chi connectivity index (χ1) is 28.4. The first kappa shape index (κ1) is 45.4. The molecular weight excluding hydrogens is 805 g/mol. The van der Waals surface area contributed by atoms with Gasteiger partial charge in [-0.05, 0) is 72.2 Å². The van der Waals surface area contributed by atoms with Gasteiger partial charge >= 0.3 is 11.9 Å². The summed E-state index contributed by atoms with van der Waals surface area (Å²) in [4.78, 5) is 50.6. The number of fused-ring (bicyclic) bond motifs is 2. The van der Waals surface area contributed by atoms with Crippen LogP contribution in [0.4, 0.5) is 17.6 Å². The number of ether oxygens (including phenoxy) is 2. The summed E-state index contributed by atoms with van der Waals surface area (Å²) < 4.78 is 67.4. The number of carbonyl (C=O) groups excluding carboxylic acids is 2. The van der Waals surface area contributed by atoms with Crippen LogP contribution in [0.15, 0.2) is 68.5 Å². The summed E-state index contributed by atoms with van der Waals surface area (Å²) in [7, 11) is 2.54. The summed E-state index contributed by atoms with van der Waals surface area (Å²) in [5.41, 5.74) is 3.43. The summed E-state index contributed by atoms with van der Waals surface area (Å²) in [6, 6.07) is 9.76. The maximum atomic E-state index is 14.0. The summed E-state index contributed by atoms with van der Waals surface area (Å²) in [5, 5.41) is 1.95. The molecule has 0 bridgehead atoms. The molecule has 6 rings (SSSR count). The number of esters is 2. The molecule has 0 aliphatic carbocycles. The van der Waals surface area contributed by atoms with E-state index in [0.717, 1.165) is 99.6 Å². The first-order valence-corrected chi connectivity index (χ1v) is 21.8. The maximum absolute atomic E-state index is 14.0. The molecule has 316 valence electrons. The monoisotopic (exact) mass is 854 g/mol. The number of nitrogens with zero attached hydrogens (tertiary/aromatic N) is 2. The van der Waals surface area contributed by atoms with Gasteiger partial charge < -0.3 is 9.47 Å². The van der Waals surface area contributed by atoms with Crippen molar-refractivity contribution in [2.24, 2.45) is 0 Å². The quantitative estimate of drug-likeness (QED) is 0.0554. The zero-order valence-electron chi connectivity index (χ0n) is 34.0. The van der Waals surface area contributed by atoms with E-state index in [4.69, 9.17) is 9.47 Å². The van der Waals surface area contributed by atoms with Crippen LogP contribution in [-0.4, -0.2) is 40.4 Å². The Morgan fingerprint density at radius 2 is 1.20 bits per heavy atom. The van der Waals surface area contributed by atoms with E-state index >= 15 is 0 Å². The molecule has 0 radical (unpaired) electrons. The van der Waals surface area contributed by atoms with Gasteiger partial charge in [0, 0.05) is 33.9 Å². The Labute approximate surface area is 349 Å². The largest absolute Gasteiger partial charge is 0.467 e. The molecule has 4 heterocycles. The van der Waals surface area contributed by atoms with E-state index in [1.807, 2.05) is 6.92 Å². The molecule has 1 aliphatic heterocycles. The lowest BCUT2D eigenvalue weighted by molar-refractivity contribution is -0.144. The Morgan fingerprint density at radius 3 is 1.73 bits per heavy atom. The number of methoxy groups -OCH3 is 2. The molecule has 0 spiro atoms. The van der Waals surface area contributed by atoms with E-state index in [9.17, 15) is 36.7 Å². The Kier molecular flexibility index (Phi) is 16.2. The summed E-state index contributed by atoms with van der Waals surface area (Å²) in [6.45, 7) is 6.16. The molecule has 0 N–H and O–H groups in total. The second-order valence-corrected chi connectivity index (χ2v) is 16.8. The van der Waals surface area contributed by atoms with Gasteiger partial charge in [0.2, 0.25) is 0 Å². The minimum absolute atomic E-state index is 0.121. The number of halogens is 4. The van der Waals surface area contributed by atoms with E-state index in [0.29, 0.717) is 45.0 Å². The average Bonchev–Trinajstić information content (AvgIpc) is 3.82. The normalized spacial score (nSPS) is 14.5. The van der Waals surface area contributed by atoms with Crippen LogP contribution in [0.2, 0.25) is 0 Å². The number of benzene rings is 2. The molecule has 3 aromatic heterocycles. The third kappa shape index (κ3) is 10.4. The molecule has 59 heavy (non-hydrogen) atoms. The summed E-state index contributed by atoms with van der Waals surface area (Å²) in [5.74, 6) is -4.85. The van der Waals surface area contributed by atoms with Crippen LogP contribution in [0.25, 0.3) is 27.1 Å². The van der Waals surface area contributed by atoms with Crippen molar-refractivity contribution in [3.8, 4) is 22.3 Å². The molecule has 0 unspecified atom stereocenters. The molecule has 0 saturated carbocycles. The number of hydrogen-bond donors (Lipinski definition) is 0. The van der Waals surface area contributed by atoms with Crippen molar-refractivity contribution in [2.75, 3.05) is 14.2 Å². The van der Waals surface area contributed by atoms with Gasteiger partial charge in [-0.3, -0.25) is 18.6 Å². The number of aryl methyl sites for hydroxylation is 2. The fraction of sp³-hybridized carbons (Fsp3) is 0.422. The second kappa shape index (κ2) is 21.0. The van der Waals surface area contributed by atoms with Gasteiger partial charge in [-0.25, -0.2) is 27.2 Å². The average molecular weight is 855 g/mol. The topological polar surface area (TPSA) is 96.1 Å². The molecule has 8 nitrogen and oxygen atoms in total. The van der Waals surface area contributed by atoms with E-state index in [1.54, 1.807) is 5.38 Å². The Balaban J connectivity index is 0.000000224. The van der Waals surface area contributed by atoms with Crippen LogP contribution >= 0.6 is 23.1 Å². The van der Waals surface area contributed by atoms with E-state index in [2.05, 4.69) is 13.8 Å². The van der Waals surface area contributed by atoms with Gasteiger partial charge in [0.1, 0.15) is 16.6 Å². The molecule has 2 aromatic carbocycles. The Morgan fingerprint density at radius 1 is 0.678 bits per heavy atom. The molecule has 0 amide bonds. The fourth-order valence-electron chi connectivity index (χ4n) is 7.43. The van der Waals surface area contributed by atoms with Gasteiger partial charge in [-0.2, -0.15) is 0 Å². The minimum atomic E-state index is -0.953. The molecular formula is C45H50F4N2O6S2. The van der Waals surface area contributed by atoms with Gasteiger partial charge in [-0.1, -0.05) is 84.3 Å². The molecule has 5 aromatic rings. The van der Waals surface area contributed by atoms with Gasteiger partial charge in [0.25, 0.3) is 11.1 Å². The third-order valence-corrected chi connectivity index (χ3v) is 12.6. The Hall–Kier alpha value is -4.69. The highest BCUT2D eigenvalue weighted by molar-refractivity contribution is 8.00. The predicted molar refractivity (Wildman–Crippen MR) is 226 cm³/mol. The van der Waals surface area contributed by atoms with Crippen molar-refractivity contribution >= 4 is 39.9 Å². The lowest BCUT2D eigenvalue weighted by Crippen LogP contribution is -2.32. The number of aromatic nitrogens is 2. The van der Waals surface area contributed by atoms with Gasteiger partial charge in [0.15, 0.2) is 23.3 Å². The minimum Gasteiger partial charge on any atom is -0.467 e. The third-order valence-electron chi connectivity index (χ3n) is 10.4. The van der Waals surface area contributed by atoms with Crippen LogP contribution in [0, 0.1) is 23.3 Å². The standard InChI is InChI=1S/C23H27F2NO3S.C22H23F2NO3S/c1-4-5-6-7-8-9-15-13-19(27)26-21(23(28)29-3)14(2)30-22(26)20(15)16-10-11-17(24)18(25)12-16;1-3-4-5-6-7-8-14-12-19(26)25-18(22(27)28-2)13-29-21(25)20(14)15-9-10-16(23)17(24)11-15/h10-14,21H,4-9H2,1-3H3;9-13H,3-8H2,1-2H3/t14-,21+;/m1./s1. The van der Waals surface area contributed by atoms with E-state index in [1.165, 1.54) is 70.6 Å². The molecule has 0 saturated heterocycles. The zero-order chi connectivity index (χ0) is 42.8. The molecule has 2 atom stereocenters. The van der Waals surface area contributed by atoms with Crippen LogP contribution in [0.5, 0.6) is 0 Å². The second-order valence-electron chi connectivity index (χ2n) is 14.6. The highest BCUT2D eigenvalue weighted by Gasteiger charge is 2.39. The summed E-state index contributed by atoms with van der Waals surface area (Å²) >= 11 is 2.61. The fourth-order valence-corrected chi connectivity index (χ4v) is 9.92. The van der Waals surface area contributed by atoms with Crippen LogP contribution in [-0.2, 0) is 27.1 Å². The van der Waals surface area contributed by atoms with Crippen LogP contribution in [0.1, 0.15) is 113 Å². The number of carbonyl (C=O) groups is 2. The SMILES string of the molecule is CCCCCCCc1cc(=O)n2c(C(=O)OC)csc2c1-c1ccc(F)c(F)c1.CCCCCCCc1cc(=O)n2c(c1-c1ccc(F)c(F)c1)S[C@H](C)[C@H]2C(=O)OC. The highest BCUT2D eigenvalue weighted by Crippen LogP contribution is 2.46. The van der Waals surface area contributed by atoms with Crippen molar-refractivity contribution in [2.45, 2.75) is 114 Å². The molecule has 14 heteroatoms. The lowest BCUT2D eigenvalue weighted by Gasteiger charge is -2.18. The first-order valence-electron chi connectivity index (χ1n) is 20.0. The van der Waals surface area contributed by atoms with Crippen LogP contribution in [0.3, 0.4) is 0 Å². The highest BCUT2D eigenvalue weighted by atomic mass is 32.2. The maximum Gasteiger partial charge on any atom is 0.356 e. The smallest absolute Gasteiger partial charge is 0.356 e. The van der Waals surface area contributed by atoms with Crippen molar-refractivity contribution < 1.29 is 36.6 Å².